The number of carbonyl (C=O) groups is 4. The van der Waals surface area contributed by atoms with Crippen molar-refractivity contribution in [2.24, 2.45) is 5.73 Å². The number of nitrogens with two attached hydrogens (primary N) is 1. The summed E-state index contributed by atoms with van der Waals surface area (Å²) in [6.07, 6.45) is 2.48. The molecule has 0 spiro atoms. The number of aliphatic hydroxyl groups is 1. The molecule has 29 heavy (non-hydrogen) atoms. The molecule has 0 bridgehead atoms. The topological polar surface area (TPSA) is 191 Å². The van der Waals surface area contributed by atoms with E-state index in [0.29, 0.717) is 18.5 Å². The van der Waals surface area contributed by atoms with Gasteiger partial charge in [0.15, 0.2) is 0 Å². The SMILES string of the molecule is CC(O)C(NC(=O)C(Cc1cnc[nH]1)NC(=O)CN)C(=O)N1CCCC1C(=O)O. The molecule has 1 aliphatic rings. The first kappa shape index (κ1) is 22.3. The molecule has 1 fully saturated rings. The summed E-state index contributed by atoms with van der Waals surface area (Å²) >= 11 is 0. The number of carbonyl (C=O) groups excluding carboxylic acids is 3. The standard InChI is InChI=1S/C17H26N6O6/c1-9(24)14(16(27)23-4-2-3-12(23)17(28)29)22-15(26)11(21-13(25)6-18)5-10-7-19-8-20-10/h7-9,11-12,14,24H,2-6,18H2,1H3,(H,19,20)(H,21,25)(H,22,26)(H,28,29). The Hall–Kier alpha value is -2.99. The van der Waals surface area contributed by atoms with Gasteiger partial charge in [0.1, 0.15) is 18.1 Å². The zero-order chi connectivity index (χ0) is 21.6. The van der Waals surface area contributed by atoms with Gasteiger partial charge < -0.3 is 36.5 Å². The summed E-state index contributed by atoms with van der Waals surface area (Å²) in [5, 5.41) is 24.2. The van der Waals surface area contributed by atoms with Gasteiger partial charge in [-0.3, -0.25) is 14.4 Å². The second-order valence-corrected chi connectivity index (χ2v) is 6.86. The van der Waals surface area contributed by atoms with Gasteiger partial charge in [-0.2, -0.15) is 0 Å². The predicted molar refractivity (Wildman–Crippen MR) is 99.3 cm³/mol. The third kappa shape index (κ3) is 5.74. The van der Waals surface area contributed by atoms with Crippen molar-refractivity contribution in [3.63, 3.8) is 0 Å². The Kier molecular flexibility index (Phi) is 7.67. The van der Waals surface area contributed by atoms with E-state index in [9.17, 15) is 29.4 Å². The van der Waals surface area contributed by atoms with Gasteiger partial charge in [-0.1, -0.05) is 0 Å². The highest BCUT2D eigenvalue weighted by atomic mass is 16.4. The van der Waals surface area contributed by atoms with Crippen molar-refractivity contribution in [1.82, 2.24) is 25.5 Å². The number of hydrogen-bond acceptors (Lipinski definition) is 7. The first-order chi connectivity index (χ1) is 13.7. The van der Waals surface area contributed by atoms with Crippen LogP contribution in [0.15, 0.2) is 12.5 Å². The molecular formula is C17H26N6O6. The lowest BCUT2D eigenvalue weighted by Gasteiger charge is -2.30. The maximum absolute atomic E-state index is 12.8. The first-order valence-electron chi connectivity index (χ1n) is 9.23. The van der Waals surface area contributed by atoms with Crippen LogP contribution < -0.4 is 16.4 Å². The van der Waals surface area contributed by atoms with Crippen LogP contribution in [0.2, 0.25) is 0 Å². The third-order valence-corrected chi connectivity index (χ3v) is 4.68. The number of H-pyrrole nitrogens is 1. The molecule has 2 rings (SSSR count). The van der Waals surface area contributed by atoms with E-state index in [4.69, 9.17) is 5.73 Å². The fraction of sp³-hybridized carbons (Fsp3) is 0.588. The van der Waals surface area contributed by atoms with Crippen LogP contribution in [0.5, 0.6) is 0 Å². The van der Waals surface area contributed by atoms with Crippen LogP contribution in [0.1, 0.15) is 25.5 Å². The number of carboxylic acid groups (broad SMARTS) is 1. The zero-order valence-corrected chi connectivity index (χ0v) is 16.0. The average molecular weight is 410 g/mol. The Morgan fingerprint density at radius 3 is 2.66 bits per heavy atom. The number of amides is 3. The van der Waals surface area contributed by atoms with Gasteiger partial charge in [0.05, 0.1) is 19.0 Å². The lowest BCUT2D eigenvalue weighted by atomic mass is 10.1. The molecule has 7 N–H and O–H groups in total. The molecule has 0 radical (unpaired) electrons. The normalized spacial score (nSPS) is 19.3. The minimum absolute atomic E-state index is 0.0553. The molecule has 1 aliphatic heterocycles. The van der Waals surface area contributed by atoms with E-state index in [1.807, 2.05) is 0 Å². The number of aromatic amines is 1. The minimum atomic E-state index is -1.36. The molecule has 0 aromatic carbocycles. The number of aliphatic hydroxyl groups excluding tert-OH is 1. The Morgan fingerprint density at radius 1 is 1.38 bits per heavy atom. The number of nitrogens with zero attached hydrogens (tertiary/aromatic N) is 2. The smallest absolute Gasteiger partial charge is 0.326 e. The largest absolute Gasteiger partial charge is 0.480 e. The minimum Gasteiger partial charge on any atom is -0.480 e. The van der Waals surface area contributed by atoms with Gasteiger partial charge in [0.2, 0.25) is 17.7 Å². The number of rotatable bonds is 9. The van der Waals surface area contributed by atoms with Crippen molar-refractivity contribution in [2.45, 2.75) is 50.4 Å². The molecule has 0 saturated carbocycles. The number of hydrogen-bond donors (Lipinski definition) is 6. The number of imidazole rings is 1. The van der Waals surface area contributed by atoms with Crippen molar-refractivity contribution in [1.29, 1.82) is 0 Å². The highest BCUT2D eigenvalue weighted by Crippen LogP contribution is 2.19. The molecule has 2 heterocycles. The van der Waals surface area contributed by atoms with Gasteiger partial charge in [-0.05, 0) is 19.8 Å². The van der Waals surface area contributed by atoms with Crippen LogP contribution in [-0.4, -0.2) is 86.1 Å². The predicted octanol–water partition coefficient (Wildman–Crippen LogP) is -2.66. The molecule has 0 aliphatic carbocycles. The summed E-state index contributed by atoms with van der Waals surface area (Å²) in [7, 11) is 0. The highest BCUT2D eigenvalue weighted by molar-refractivity contribution is 5.94. The van der Waals surface area contributed by atoms with Crippen molar-refractivity contribution < 1.29 is 29.4 Å². The summed E-state index contributed by atoms with van der Waals surface area (Å²) in [5.41, 5.74) is 5.86. The van der Waals surface area contributed by atoms with Gasteiger partial charge >= 0.3 is 5.97 Å². The summed E-state index contributed by atoms with van der Waals surface area (Å²) in [6, 6.07) is -3.44. The molecule has 160 valence electrons. The van der Waals surface area contributed by atoms with Gasteiger partial charge in [0, 0.05) is 24.9 Å². The number of carboxylic acids is 1. The number of likely N-dealkylation sites (tertiary alicyclic amines) is 1. The van der Waals surface area contributed by atoms with Crippen LogP contribution in [0, 0.1) is 0 Å². The Bertz CT molecular complexity index is 737. The van der Waals surface area contributed by atoms with Crippen LogP contribution in [0.3, 0.4) is 0 Å². The molecule has 1 saturated heterocycles. The van der Waals surface area contributed by atoms with Gasteiger partial charge in [0.25, 0.3) is 0 Å². The first-order valence-corrected chi connectivity index (χ1v) is 9.23. The quantitative estimate of drug-likeness (QED) is 0.254. The molecule has 1 aromatic rings. The fourth-order valence-electron chi connectivity index (χ4n) is 3.19. The van der Waals surface area contributed by atoms with Crippen LogP contribution in [0.25, 0.3) is 0 Å². The van der Waals surface area contributed by atoms with E-state index in [0.717, 1.165) is 4.90 Å². The van der Waals surface area contributed by atoms with Gasteiger partial charge in [-0.15, -0.1) is 0 Å². The van der Waals surface area contributed by atoms with E-state index in [1.165, 1.54) is 19.4 Å². The highest BCUT2D eigenvalue weighted by Gasteiger charge is 2.39. The van der Waals surface area contributed by atoms with E-state index >= 15 is 0 Å². The van der Waals surface area contributed by atoms with E-state index in [2.05, 4.69) is 20.6 Å². The zero-order valence-electron chi connectivity index (χ0n) is 16.0. The summed E-state index contributed by atoms with van der Waals surface area (Å²) < 4.78 is 0. The van der Waals surface area contributed by atoms with E-state index in [-0.39, 0.29) is 19.5 Å². The molecule has 12 nitrogen and oxygen atoms in total. The summed E-state index contributed by atoms with van der Waals surface area (Å²) in [6.45, 7) is 1.20. The van der Waals surface area contributed by atoms with E-state index in [1.54, 1.807) is 0 Å². The van der Waals surface area contributed by atoms with Crippen LogP contribution in [0.4, 0.5) is 0 Å². The molecule has 4 atom stereocenters. The Morgan fingerprint density at radius 2 is 2.10 bits per heavy atom. The summed E-state index contributed by atoms with van der Waals surface area (Å²) in [5.74, 6) is -3.12. The summed E-state index contributed by atoms with van der Waals surface area (Å²) in [4.78, 5) is 56.5. The molecule has 12 heteroatoms. The monoisotopic (exact) mass is 410 g/mol. The van der Waals surface area contributed by atoms with Crippen molar-refractivity contribution in [3.8, 4) is 0 Å². The second kappa shape index (κ2) is 9.98. The van der Waals surface area contributed by atoms with E-state index < -0.39 is 47.9 Å². The van der Waals surface area contributed by atoms with Crippen LogP contribution in [-0.2, 0) is 25.6 Å². The maximum Gasteiger partial charge on any atom is 0.326 e. The molecule has 4 unspecified atom stereocenters. The van der Waals surface area contributed by atoms with Crippen LogP contribution >= 0.6 is 0 Å². The van der Waals surface area contributed by atoms with Crippen molar-refractivity contribution >= 4 is 23.7 Å². The lowest BCUT2D eigenvalue weighted by Crippen LogP contribution is -2.59. The Labute approximate surface area is 166 Å². The maximum atomic E-state index is 12.8. The molecule has 1 aromatic heterocycles. The second-order valence-electron chi connectivity index (χ2n) is 6.86. The average Bonchev–Trinajstić information content (AvgIpc) is 3.36. The number of aromatic nitrogens is 2. The van der Waals surface area contributed by atoms with Gasteiger partial charge in [-0.25, -0.2) is 9.78 Å². The third-order valence-electron chi connectivity index (χ3n) is 4.68. The number of aliphatic carboxylic acids is 1. The lowest BCUT2D eigenvalue weighted by molar-refractivity contribution is -0.150. The molecular weight excluding hydrogens is 384 g/mol. The fourth-order valence-corrected chi connectivity index (χ4v) is 3.19. The van der Waals surface area contributed by atoms with Crippen molar-refractivity contribution in [3.05, 3.63) is 18.2 Å². The molecule has 3 amide bonds. The van der Waals surface area contributed by atoms with Crippen molar-refractivity contribution in [2.75, 3.05) is 13.1 Å². The Balaban J connectivity index is 2.15. The number of nitrogens with one attached hydrogen (secondary N) is 3.